The number of amides is 1. The van der Waals surface area contributed by atoms with Crippen LogP contribution in [0.3, 0.4) is 0 Å². The van der Waals surface area contributed by atoms with Crippen molar-refractivity contribution in [3.63, 3.8) is 0 Å². The summed E-state index contributed by atoms with van der Waals surface area (Å²) in [5.74, 6) is 1.46. The number of nitrogens with zero attached hydrogens (tertiary/aromatic N) is 4. The Kier molecular flexibility index (Phi) is 5.23. The van der Waals surface area contributed by atoms with Gasteiger partial charge in [-0.25, -0.2) is 0 Å². The van der Waals surface area contributed by atoms with Gasteiger partial charge < -0.3 is 15.1 Å². The van der Waals surface area contributed by atoms with Gasteiger partial charge >= 0.3 is 0 Å². The lowest BCUT2D eigenvalue weighted by Gasteiger charge is -2.32. The highest BCUT2D eigenvalue weighted by Gasteiger charge is 2.21. The molecule has 4 rings (SSSR count). The number of hydrogen-bond donors (Lipinski definition) is 1. The van der Waals surface area contributed by atoms with Crippen molar-refractivity contribution in [2.75, 3.05) is 36.4 Å². The number of rotatable bonds is 4. The van der Waals surface area contributed by atoms with Crippen LogP contribution in [0.15, 0.2) is 36.4 Å². The minimum Gasteiger partial charge on any atom is -0.372 e. The number of benzene rings is 1. The van der Waals surface area contributed by atoms with Gasteiger partial charge in [0.2, 0.25) is 0 Å². The number of carbonyl (C=O) groups is 1. The first-order valence-electron chi connectivity index (χ1n) is 9.94. The third-order valence-electron chi connectivity index (χ3n) is 5.57. The van der Waals surface area contributed by atoms with E-state index in [4.69, 9.17) is 0 Å². The summed E-state index contributed by atoms with van der Waals surface area (Å²) in [6, 6.07) is 12.0. The summed E-state index contributed by atoms with van der Waals surface area (Å²) in [7, 11) is 0. The monoisotopic (exact) mass is 365 g/mol. The number of hydrogen-bond acceptors (Lipinski definition) is 5. The summed E-state index contributed by atoms with van der Waals surface area (Å²) >= 11 is 0. The van der Waals surface area contributed by atoms with Crippen molar-refractivity contribution in [2.45, 2.75) is 32.6 Å². The second kappa shape index (κ2) is 7.94. The Labute approximate surface area is 160 Å². The van der Waals surface area contributed by atoms with Crippen LogP contribution in [0.2, 0.25) is 0 Å². The van der Waals surface area contributed by atoms with Gasteiger partial charge in [0.15, 0.2) is 11.5 Å². The number of likely N-dealkylation sites (tertiary alicyclic amines) is 1. The molecular weight excluding hydrogens is 338 g/mol. The Morgan fingerprint density at radius 2 is 1.67 bits per heavy atom. The molecular formula is C21H27N5O. The van der Waals surface area contributed by atoms with E-state index in [2.05, 4.69) is 51.6 Å². The van der Waals surface area contributed by atoms with Crippen molar-refractivity contribution in [1.29, 1.82) is 0 Å². The summed E-state index contributed by atoms with van der Waals surface area (Å²) < 4.78 is 0. The van der Waals surface area contributed by atoms with E-state index in [-0.39, 0.29) is 5.91 Å². The number of nitrogens with one attached hydrogen (secondary N) is 1. The van der Waals surface area contributed by atoms with Crippen LogP contribution in [0, 0.1) is 5.92 Å². The lowest BCUT2D eigenvalue weighted by Crippen LogP contribution is -2.32. The van der Waals surface area contributed by atoms with Crippen molar-refractivity contribution >= 4 is 23.1 Å². The largest absolute Gasteiger partial charge is 0.372 e. The van der Waals surface area contributed by atoms with Crippen LogP contribution in [0.25, 0.3) is 0 Å². The van der Waals surface area contributed by atoms with E-state index in [0.29, 0.717) is 11.5 Å². The average Bonchev–Trinajstić information content (AvgIpc) is 3.24. The molecule has 142 valence electrons. The molecule has 2 aromatic rings. The van der Waals surface area contributed by atoms with Crippen LogP contribution >= 0.6 is 0 Å². The summed E-state index contributed by atoms with van der Waals surface area (Å²) in [6.07, 6.45) is 4.67. The molecule has 2 saturated heterocycles. The van der Waals surface area contributed by atoms with E-state index < -0.39 is 0 Å². The van der Waals surface area contributed by atoms with Gasteiger partial charge in [-0.3, -0.25) is 4.79 Å². The van der Waals surface area contributed by atoms with Crippen LogP contribution in [0.5, 0.6) is 0 Å². The molecule has 2 fully saturated rings. The van der Waals surface area contributed by atoms with Crippen LogP contribution in [-0.2, 0) is 0 Å². The molecule has 0 spiro atoms. The van der Waals surface area contributed by atoms with Gasteiger partial charge in [-0.1, -0.05) is 6.92 Å². The number of anilines is 3. The first-order chi connectivity index (χ1) is 13.2. The van der Waals surface area contributed by atoms with Gasteiger partial charge in [0.25, 0.3) is 5.91 Å². The molecule has 0 atom stereocenters. The normalized spacial score (nSPS) is 18.0. The Balaban J connectivity index is 1.36. The smallest absolute Gasteiger partial charge is 0.274 e. The molecule has 1 aromatic carbocycles. The molecule has 0 radical (unpaired) electrons. The van der Waals surface area contributed by atoms with Crippen molar-refractivity contribution in [3.8, 4) is 0 Å². The van der Waals surface area contributed by atoms with Crippen LogP contribution in [0.1, 0.15) is 43.1 Å². The van der Waals surface area contributed by atoms with E-state index in [0.717, 1.165) is 50.6 Å². The predicted octanol–water partition coefficient (Wildman–Crippen LogP) is 3.69. The number of aromatic nitrogens is 2. The molecule has 1 N–H and O–H groups in total. The maximum atomic E-state index is 12.3. The highest BCUT2D eigenvalue weighted by Crippen LogP contribution is 2.25. The van der Waals surface area contributed by atoms with E-state index in [1.165, 1.54) is 18.5 Å². The Hall–Kier alpha value is -2.63. The molecule has 27 heavy (non-hydrogen) atoms. The molecule has 2 aliphatic rings. The maximum absolute atomic E-state index is 12.3. The molecule has 2 aliphatic heterocycles. The van der Waals surface area contributed by atoms with E-state index in [9.17, 15) is 4.79 Å². The first kappa shape index (κ1) is 17.8. The number of piperidine rings is 1. The molecule has 6 heteroatoms. The highest BCUT2D eigenvalue weighted by molar-refractivity contribution is 5.92. The molecule has 0 saturated carbocycles. The fourth-order valence-corrected chi connectivity index (χ4v) is 3.77. The zero-order valence-corrected chi connectivity index (χ0v) is 15.9. The Morgan fingerprint density at radius 1 is 0.963 bits per heavy atom. The fraction of sp³-hybridized carbons (Fsp3) is 0.476. The fourth-order valence-electron chi connectivity index (χ4n) is 3.77. The van der Waals surface area contributed by atoms with Crippen LogP contribution in [0.4, 0.5) is 17.2 Å². The van der Waals surface area contributed by atoms with Crippen molar-refractivity contribution < 1.29 is 4.79 Å². The van der Waals surface area contributed by atoms with Crippen LogP contribution in [-0.4, -0.2) is 47.2 Å². The quantitative estimate of drug-likeness (QED) is 0.895. The predicted molar refractivity (Wildman–Crippen MR) is 108 cm³/mol. The van der Waals surface area contributed by atoms with Gasteiger partial charge in [-0.05, 0) is 68.0 Å². The molecule has 0 bridgehead atoms. The summed E-state index contributed by atoms with van der Waals surface area (Å²) in [6.45, 7) is 6.23. The second-order valence-electron chi connectivity index (χ2n) is 7.64. The van der Waals surface area contributed by atoms with Crippen molar-refractivity contribution in [3.05, 3.63) is 42.1 Å². The van der Waals surface area contributed by atoms with E-state index >= 15 is 0 Å². The zero-order valence-electron chi connectivity index (χ0n) is 15.9. The number of carbonyl (C=O) groups excluding carboxylic acids is 1. The highest BCUT2D eigenvalue weighted by atomic mass is 16.2. The minimum absolute atomic E-state index is 0.0215. The molecule has 3 heterocycles. The van der Waals surface area contributed by atoms with Gasteiger partial charge in [-0.2, -0.15) is 0 Å². The Bertz CT molecular complexity index is 760. The molecule has 0 unspecified atom stereocenters. The second-order valence-corrected chi connectivity index (χ2v) is 7.64. The zero-order chi connectivity index (χ0) is 18.6. The van der Waals surface area contributed by atoms with Crippen molar-refractivity contribution in [2.24, 2.45) is 5.92 Å². The van der Waals surface area contributed by atoms with E-state index in [1.807, 2.05) is 11.0 Å². The molecule has 1 aromatic heterocycles. The lowest BCUT2D eigenvalue weighted by atomic mass is 9.99. The van der Waals surface area contributed by atoms with Crippen LogP contribution < -0.4 is 10.2 Å². The molecule has 1 amide bonds. The minimum atomic E-state index is -0.0215. The lowest BCUT2D eigenvalue weighted by molar-refractivity contribution is 0.0786. The van der Waals surface area contributed by atoms with Crippen molar-refractivity contribution in [1.82, 2.24) is 15.1 Å². The van der Waals surface area contributed by atoms with Gasteiger partial charge in [-0.15, -0.1) is 10.2 Å². The molecule has 0 aliphatic carbocycles. The van der Waals surface area contributed by atoms with Gasteiger partial charge in [0.1, 0.15) is 0 Å². The summed E-state index contributed by atoms with van der Waals surface area (Å²) in [4.78, 5) is 16.6. The SMILES string of the molecule is CC1CCN(c2ccc(Nc3ccc(C(=O)N4CCCC4)nn3)cc2)CC1. The maximum Gasteiger partial charge on any atom is 0.274 e. The first-order valence-corrected chi connectivity index (χ1v) is 9.94. The third kappa shape index (κ3) is 4.21. The molecule has 6 nitrogen and oxygen atoms in total. The average molecular weight is 365 g/mol. The van der Waals surface area contributed by atoms with Gasteiger partial charge in [0.05, 0.1) is 0 Å². The standard InChI is InChI=1S/C21H27N5O/c1-16-10-14-25(15-11-16)18-6-4-17(5-7-18)22-20-9-8-19(23-24-20)21(27)26-12-2-3-13-26/h4-9,16H,2-3,10-15H2,1H3,(H,22,24). The topological polar surface area (TPSA) is 61.4 Å². The Morgan fingerprint density at radius 3 is 2.30 bits per heavy atom. The van der Waals surface area contributed by atoms with E-state index in [1.54, 1.807) is 6.07 Å². The summed E-state index contributed by atoms with van der Waals surface area (Å²) in [5.41, 5.74) is 2.65. The third-order valence-corrected chi connectivity index (χ3v) is 5.57. The van der Waals surface area contributed by atoms with Gasteiger partial charge in [0, 0.05) is 37.6 Å². The summed E-state index contributed by atoms with van der Waals surface area (Å²) in [5, 5.41) is 11.5.